The van der Waals surface area contributed by atoms with Gasteiger partial charge in [-0.3, -0.25) is 14.8 Å². The highest BCUT2D eigenvalue weighted by Crippen LogP contribution is 2.39. The van der Waals surface area contributed by atoms with E-state index in [1.54, 1.807) is 18.6 Å². The van der Waals surface area contributed by atoms with Crippen LogP contribution in [0.4, 0.5) is 17.3 Å². The molecule has 2 N–H and O–H groups in total. The van der Waals surface area contributed by atoms with Gasteiger partial charge in [0.25, 0.3) is 0 Å². The molecule has 6 heteroatoms. The lowest BCUT2D eigenvalue weighted by molar-refractivity contribution is 0.112. The van der Waals surface area contributed by atoms with Crippen LogP contribution in [0.15, 0.2) is 35.1 Å². The number of nitrogens with zero attached hydrogens (tertiary/aromatic N) is 2. The summed E-state index contributed by atoms with van der Waals surface area (Å²) in [6.45, 7) is 4.84. The molecular weight excluding hydrogens is 316 g/mol. The van der Waals surface area contributed by atoms with E-state index in [-0.39, 0.29) is 0 Å². The summed E-state index contributed by atoms with van der Waals surface area (Å²) in [6, 6.07) is 3.77. The first-order valence-electron chi connectivity index (χ1n) is 8.52. The molecule has 0 aromatic carbocycles. The lowest BCUT2D eigenvalue weighted by atomic mass is 10.1. The molecule has 0 saturated carbocycles. The Kier molecular flexibility index (Phi) is 5.28. The van der Waals surface area contributed by atoms with Gasteiger partial charge in [-0.15, -0.1) is 0 Å². The number of anilines is 3. The highest BCUT2D eigenvalue weighted by atomic mass is 16.4. The Hall–Kier alpha value is -2.89. The van der Waals surface area contributed by atoms with Gasteiger partial charge < -0.3 is 15.1 Å². The number of unbranched alkanes of at least 4 members (excludes halogenated alkanes) is 2. The van der Waals surface area contributed by atoms with Crippen LogP contribution in [0.2, 0.25) is 0 Å². The predicted molar refractivity (Wildman–Crippen MR) is 99.7 cm³/mol. The first-order valence-corrected chi connectivity index (χ1v) is 8.52. The number of furan rings is 1. The van der Waals surface area contributed by atoms with Gasteiger partial charge in [-0.1, -0.05) is 19.8 Å². The smallest absolute Gasteiger partial charge is 0.218 e. The molecule has 0 aliphatic rings. The van der Waals surface area contributed by atoms with E-state index >= 15 is 0 Å². The maximum Gasteiger partial charge on any atom is 0.218 e. The Morgan fingerprint density at radius 2 is 2.16 bits per heavy atom. The zero-order chi connectivity index (χ0) is 17.6. The van der Waals surface area contributed by atoms with E-state index in [4.69, 9.17) is 4.42 Å². The van der Waals surface area contributed by atoms with E-state index in [9.17, 15) is 4.79 Å². The molecule has 0 aliphatic carbocycles. The molecule has 3 heterocycles. The molecule has 0 amide bonds. The number of aryl methyl sites for hydroxylation is 1. The standard InChI is InChI=1S/C19H22N4O2/c1-3-4-5-9-21-19-17(23-15-7-6-8-20-11-15)16-14(12-24)10-22-13(2)18(16)25-19/h6-8,10-12,21,23H,3-5,9H2,1-2H3. The van der Waals surface area contributed by atoms with Crippen LogP contribution in [0.5, 0.6) is 0 Å². The summed E-state index contributed by atoms with van der Waals surface area (Å²) in [6.07, 6.45) is 9.19. The van der Waals surface area contributed by atoms with Crippen LogP contribution in [0.3, 0.4) is 0 Å². The summed E-state index contributed by atoms with van der Waals surface area (Å²) in [7, 11) is 0. The molecule has 130 valence electrons. The van der Waals surface area contributed by atoms with Gasteiger partial charge in [-0.2, -0.15) is 0 Å². The number of rotatable bonds is 8. The van der Waals surface area contributed by atoms with E-state index in [0.717, 1.165) is 54.5 Å². The molecule has 0 radical (unpaired) electrons. The second-order valence-corrected chi connectivity index (χ2v) is 5.93. The van der Waals surface area contributed by atoms with Crippen molar-refractivity contribution in [3.63, 3.8) is 0 Å². The zero-order valence-electron chi connectivity index (χ0n) is 14.5. The van der Waals surface area contributed by atoms with Crippen LogP contribution in [0.1, 0.15) is 42.2 Å². The molecule has 0 spiro atoms. The number of aromatic nitrogens is 2. The van der Waals surface area contributed by atoms with Crippen molar-refractivity contribution in [3.8, 4) is 0 Å². The largest absolute Gasteiger partial charge is 0.436 e. The maximum atomic E-state index is 11.5. The highest BCUT2D eigenvalue weighted by molar-refractivity contribution is 6.08. The first-order chi connectivity index (χ1) is 12.2. The molecule has 0 bridgehead atoms. The molecule has 0 fully saturated rings. The second-order valence-electron chi connectivity index (χ2n) is 5.93. The van der Waals surface area contributed by atoms with Gasteiger partial charge in [0.15, 0.2) is 11.9 Å². The Morgan fingerprint density at radius 1 is 1.28 bits per heavy atom. The van der Waals surface area contributed by atoms with E-state index in [1.165, 1.54) is 0 Å². The van der Waals surface area contributed by atoms with Crippen LogP contribution >= 0.6 is 0 Å². The number of hydrogen-bond acceptors (Lipinski definition) is 6. The normalized spacial score (nSPS) is 10.8. The number of hydrogen-bond donors (Lipinski definition) is 2. The molecule has 6 nitrogen and oxygen atoms in total. The summed E-state index contributed by atoms with van der Waals surface area (Å²) in [4.78, 5) is 19.9. The van der Waals surface area contributed by atoms with Gasteiger partial charge in [0.1, 0.15) is 5.69 Å². The number of pyridine rings is 2. The van der Waals surface area contributed by atoms with Crippen LogP contribution < -0.4 is 10.6 Å². The molecular formula is C19H22N4O2. The minimum Gasteiger partial charge on any atom is -0.436 e. The van der Waals surface area contributed by atoms with E-state index < -0.39 is 0 Å². The van der Waals surface area contributed by atoms with Crippen molar-refractivity contribution in [1.29, 1.82) is 0 Å². The zero-order valence-corrected chi connectivity index (χ0v) is 14.5. The predicted octanol–water partition coefficient (Wildman–Crippen LogP) is 4.69. The molecule has 3 aromatic rings. The average molecular weight is 338 g/mol. The van der Waals surface area contributed by atoms with Crippen molar-refractivity contribution >= 4 is 34.5 Å². The number of nitrogens with one attached hydrogen (secondary N) is 2. The SMILES string of the molecule is CCCCCNc1oc2c(C)ncc(C=O)c2c1Nc1cccnc1. The van der Waals surface area contributed by atoms with Crippen molar-refractivity contribution in [1.82, 2.24) is 9.97 Å². The molecule has 3 aromatic heterocycles. The van der Waals surface area contributed by atoms with Gasteiger partial charge in [-0.05, 0) is 25.5 Å². The monoisotopic (exact) mass is 338 g/mol. The van der Waals surface area contributed by atoms with Gasteiger partial charge in [0, 0.05) is 24.5 Å². The van der Waals surface area contributed by atoms with E-state index in [0.29, 0.717) is 17.0 Å². The lowest BCUT2D eigenvalue weighted by Gasteiger charge is -2.09. The van der Waals surface area contributed by atoms with Crippen molar-refractivity contribution < 1.29 is 9.21 Å². The Labute approximate surface area is 146 Å². The summed E-state index contributed by atoms with van der Waals surface area (Å²) in [5.74, 6) is 0.620. The van der Waals surface area contributed by atoms with Gasteiger partial charge in [-0.25, -0.2) is 0 Å². The van der Waals surface area contributed by atoms with Crippen LogP contribution in [-0.2, 0) is 0 Å². The maximum absolute atomic E-state index is 11.5. The van der Waals surface area contributed by atoms with Crippen LogP contribution in [-0.4, -0.2) is 22.8 Å². The first kappa shape index (κ1) is 17.0. The van der Waals surface area contributed by atoms with Crippen molar-refractivity contribution in [2.75, 3.05) is 17.2 Å². The third-order valence-corrected chi connectivity index (χ3v) is 4.05. The fourth-order valence-corrected chi connectivity index (χ4v) is 2.74. The number of fused-ring (bicyclic) bond motifs is 1. The molecule has 3 rings (SSSR count). The quantitative estimate of drug-likeness (QED) is 0.458. The van der Waals surface area contributed by atoms with Gasteiger partial charge in [0.2, 0.25) is 5.88 Å². The number of aldehydes is 1. The Balaban J connectivity index is 2.05. The fourth-order valence-electron chi connectivity index (χ4n) is 2.74. The highest BCUT2D eigenvalue weighted by Gasteiger charge is 2.20. The van der Waals surface area contributed by atoms with E-state index in [1.807, 2.05) is 19.1 Å². The molecule has 0 unspecified atom stereocenters. The molecule has 0 atom stereocenters. The third kappa shape index (κ3) is 3.63. The third-order valence-electron chi connectivity index (χ3n) is 4.05. The van der Waals surface area contributed by atoms with Gasteiger partial charge in [0.05, 0.1) is 23.0 Å². The summed E-state index contributed by atoms with van der Waals surface area (Å²) >= 11 is 0. The Bertz CT molecular complexity index is 859. The summed E-state index contributed by atoms with van der Waals surface area (Å²) < 4.78 is 6.01. The van der Waals surface area contributed by atoms with Crippen molar-refractivity contribution in [2.45, 2.75) is 33.1 Å². The minimum absolute atomic E-state index is 0.498. The number of carbonyl (C=O) groups excluding carboxylic acids is 1. The molecule has 0 aliphatic heterocycles. The van der Waals surface area contributed by atoms with Crippen LogP contribution in [0.25, 0.3) is 11.0 Å². The van der Waals surface area contributed by atoms with E-state index in [2.05, 4.69) is 27.5 Å². The number of carbonyl (C=O) groups is 1. The summed E-state index contributed by atoms with van der Waals surface area (Å²) in [5.41, 5.74) is 3.43. The molecule has 0 saturated heterocycles. The van der Waals surface area contributed by atoms with Crippen molar-refractivity contribution in [2.24, 2.45) is 0 Å². The minimum atomic E-state index is 0.498. The molecule has 25 heavy (non-hydrogen) atoms. The fraction of sp³-hybridized carbons (Fsp3) is 0.316. The Morgan fingerprint density at radius 3 is 2.88 bits per heavy atom. The van der Waals surface area contributed by atoms with Crippen molar-refractivity contribution in [3.05, 3.63) is 42.0 Å². The van der Waals surface area contributed by atoms with Gasteiger partial charge >= 0.3 is 0 Å². The second kappa shape index (κ2) is 7.79. The lowest BCUT2D eigenvalue weighted by Crippen LogP contribution is -2.03. The summed E-state index contributed by atoms with van der Waals surface area (Å²) in [5, 5.41) is 7.42. The topological polar surface area (TPSA) is 80.0 Å². The van der Waals surface area contributed by atoms with Crippen LogP contribution in [0, 0.1) is 6.92 Å². The average Bonchev–Trinajstić information content (AvgIpc) is 3.00.